The SMILES string of the molecule is Cc1ccc2c(c1)C1(c3ccccc3-2)c2ccc(-c3ccc(C=O)cc3)cc2-c2cc(-c3ccc(C=O)cc3)ccc21. The Labute approximate surface area is 244 Å². The van der Waals surface area contributed by atoms with Crippen LogP contribution in [0.25, 0.3) is 44.5 Å². The molecule has 0 aromatic heterocycles. The Balaban J connectivity index is 1.43. The van der Waals surface area contributed by atoms with E-state index in [0.717, 1.165) is 34.8 Å². The zero-order valence-corrected chi connectivity index (χ0v) is 23.1. The predicted octanol–water partition coefficient (Wildman–Crippen LogP) is 9.30. The highest BCUT2D eigenvalue weighted by molar-refractivity contribution is 5.97. The predicted molar refractivity (Wildman–Crippen MR) is 169 cm³/mol. The van der Waals surface area contributed by atoms with Gasteiger partial charge in [0.1, 0.15) is 12.6 Å². The molecule has 0 atom stereocenters. The standard InChI is InChI=1S/C40H26O2/c1-25-6-17-33-32-4-2-3-5-36(32)40(39(33)20-25)37-18-15-30(28-11-7-26(23-41)8-12-28)21-34(37)35-22-31(16-19-38(35)40)29-13-9-27(24-42)10-14-29/h2-24H,1H3. The van der Waals surface area contributed by atoms with Gasteiger partial charge >= 0.3 is 0 Å². The fourth-order valence-corrected chi connectivity index (χ4v) is 7.17. The summed E-state index contributed by atoms with van der Waals surface area (Å²) in [6.45, 7) is 2.17. The Hall–Kier alpha value is -5.34. The molecule has 2 aliphatic rings. The molecule has 2 heteroatoms. The number of hydrogen-bond donors (Lipinski definition) is 0. The highest BCUT2D eigenvalue weighted by Gasteiger charge is 2.51. The lowest BCUT2D eigenvalue weighted by molar-refractivity contribution is 0.111. The van der Waals surface area contributed by atoms with Crippen molar-refractivity contribution in [2.75, 3.05) is 0 Å². The first-order chi connectivity index (χ1) is 20.6. The average molecular weight is 539 g/mol. The molecule has 0 saturated carbocycles. The van der Waals surface area contributed by atoms with Gasteiger partial charge in [0.05, 0.1) is 5.41 Å². The number of benzene rings is 6. The van der Waals surface area contributed by atoms with E-state index in [1.54, 1.807) is 0 Å². The maximum Gasteiger partial charge on any atom is 0.150 e. The molecule has 0 fully saturated rings. The summed E-state index contributed by atoms with van der Waals surface area (Å²) in [6, 6.07) is 45.0. The van der Waals surface area contributed by atoms with Gasteiger partial charge in [0, 0.05) is 11.1 Å². The van der Waals surface area contributed by atoms with Crippen LogP contribution in [0.5, 0.6) is 0 Å². The summed E-state index contributed by atoms with van der Waals surface area (Å²) < 4.78 is 0. The average Bonchev–Trinajstić information content (AvgIpc) is 3.50. The second kappa shape index (κ2) is 9.09. The van der Waals surface area contributed by atoms with E-state index < -0.39 is 5.41 Å². The molecule has 0 bridgehead atoms. The maximum atomic E-state index is 11.3. The first-order valence-electron chi connectivity index (χ1n) is 14.2. The number of fused-ring (bicyclic) bond motifs is 10. The normalized spacial score (nSPS) is 13.3. The molecule has 0 N–H and O–H groups in total. The van der Waals surface area contributed by atoms with E-state index in [4.69, 9.17) is 0 Å². The minimum absolute atomic E-state index is 0.414. The molecule has 2 aliphatic carbocycles. The van der Waals surface area contributed by atoms with Crippen molar-refractivity contribution in [1.82, 2.24) is 0 Å². The summed E-state index contributed by atoms with van der Waals surface area (Å²) in [5.41, 5.74) is 16.8. The van der Waals surface area contributed by atoms with Crippen LogP contribution in [0.4, 0.5) is 0 Å². The van der Waals surface area contributed by atoms with E-state index in [-0.39, 0.29) is 0 Å². The van der Waals surface area contributed by atoms with E-state index in [9.17, 15) is 9.59 Å². The summed E-state index contributed by atoms with van der Waals surface area (Å²) in [5, 5.41) is 0. The summed E-state index contributed by atoms with van der Waals surface area (Å²) >= 11 is 0. The van der Waals surface area contributed by atoms with Gasteiger partial charge in [0.2, 0.25) is 0 Å². The highest BCUT2D eigenvalue weighted by Crippen LogP contribution is 2.63. The molecule has 8 rings (SSSR count). The molecule has 2 nitrogen and oxygen atoms in total. The Kier molecular flexibility index (Phi) is 5.29. The summed E-state index contributed by atoms with van der Waals surface area (Å²) in [4.78, 5) is 22.6. The molecule has 0 amide bonds. The van der Waals surface area contributed by atoms with Gasteiger partial charge in [-0.3, -0.25) is 9.59 Å². The van der Waals surface area contributed by atoms with Gasteiger partial charge in [-0.25, -0.2) is 0 Å². The first-order valence-corrected chi connectivity index (χ1v) is 14.2. The Morgan fingerprint density at radius 2 is 0.905 bits per heavy atom. The van der Waals surface area contributed by atoms with E-state index >= 15 is 0 Å². The van der Waals surface area contributed by atoms with Crippen LogP contribution < -0.4 is 0 Å². The van der Waals surface area contributed by atoms with E-state index in [0.29, 0.717) is 11.1 Å². The zero-order valence-electron chi connectivity index (χ0n) is 23.1. The van der Waals surface area contributed by atoms with Gasteiger partial charge < -0.3 is 0 Å². The van der Waals surface area contributed by atoms with Gasteiger partial charge in [-0.05, 0) is 85.8 Å². The first kappa shape index (κ1) is 24.5. The molecule has 1 spiro atoms. The second-order valence-electron chi connectivity index (χ2n) is 11.3. The quantitative estimate of drug-likeness (QED) is 0.209. The minimum Gasteiger partial charge on any atom is -0.298 e. The number of carbonyl (C=O) groups is 2. The molecule has 42 heavy (non-hydrogen) atoms. The van der Waals surface area contributed by atoms with Crippen molar-refractivity contribution in [2.24, 2.45) is 0 Å². The minimum atomic E-state index is -0.414. The van der Waals surface area contributed by atoms with Crippen LogP contribution in [0.15, 0.2) is 127 Å². The van der Waals surface area contributed by atoms with Crippen molar-refractivity contribution in [3.63, 3.8) is 0 Å². The lowest BCUT2D eigenvalue weighted by Gasteiger charge is -2.30. The number of hydrogen-bond acceptors (Lipinski definition) is 2. The lowest BCUT2D eigenvalue weighted by Crippen LogP contribution is -2.26. The number of carbonyl (C=O) groups excluding carboxylic acids is 2. The van der Waals surface area contributed by atoms with Crippen molar-refractivity contribution in [1.29, 1.82) is 0 Å². The smallest absolute Gasteiger partial charge is 0.150 e. The molecule has 0 heterocycles. The van der Waals surface area contributed by atoms with Crippen LogP contribution in [0, 0.1) is 6.92 Å². The topological polar surface area (TPSA) is 34.1 Å². The monoisotopic (exact) mass is 538 g/mol. The van der Waals surface area contributed by atoms with Crippen LogP contribution in [0.3, 0.4) is 0 Å². The molecule has 6 aromatic carbocycles. The van der Waals surface area contributed by atoms with Crippen LogP contribution in [-0.2, 0) is 5.41 Å². The van der Waals surface area contributed by atoms with E-state index in [1.165, 1.54) is 50.1 Å². The van der Waals surface area contributed by atoms with E-state index in [2.05, 4.69) is 85.8 Å². The molecular formula is C40H26O2. The fraction of sp³-hybridized carbons (Fsp3) is 0.0500. The molecule has 0 radical (unpaired) electrons. The van der Waals surface area contributed by atoms with Crippen molar-refractivity contribution in [3.8, 4) is 44.5 Å². The fourth-order valence-electron chi connectivity index (χ4n) is 7.17. The molecule has 0 aliphatic heterocycles. The van der Waals surface area contributed by atoms with Gasteiger partial charge in [-0.1, -0.05) is 121 Å². The van der Waals surface area contributed by atoms with Gasteiger partial charge in [0.25, 0.3) is 0 Å². The van der Waals surface area contributed by atoms with Gasteiger partial charge in [-0.15, -0.1) is 0 Å². The Morgan fingerprint density at radius 3 is 1.45 bits per heavy atom. The molecular weight excluding hydrogens is 512 g/mol. The number of aldehydes is 2. The van der Waals surface area contributed by atoms with Gasteiger partial charge in [0.15, 0.2) is 0 Å². The van der Waals surface area contributed by atoms with Crippen molar-refractivity contribution in [2.45, 2.75) is 12.3 Å². The van der Waals surface area contributed by atoms with Crippen LogP contribution in [0.1, 0.15) is 48.5 Å². The highest BCUT2D eigenvalue weighted by atomic mass is 16.1. The summed E-state index contributed by atoms with van der Waals surface area (Å²) in [5.74, 6) is 0. The zero-order chi connectivity index (χ0) is 28.4. The third-order valence-corrected chi connectivity index (χ3v) is 9.10. The molecule has 198 valence electrons. The lowest BCUT2D eigenvalue weighted by atomic mass is 9.70. The number of rotatable bonds is 4. The van der Waals surface area contributed by atoms with Crippen LogP contribution in [0.2, 0.25) is 0 Å². The maximum absolute atomic E-state index is 11.3. The largest absolute Gasteiger partial charge is 0.298 e. The number of aryl methyl sites for hydroxylation is 1. The molecule has 0 saturated heterocycles. The third kappa shape index (κ3) is 3.33. The Morgan fingerprint density at radius 1 is 0.429 bits per heavy atom. The summed E-state index contributed by atoms with van der Waals surface area (Å²) in [6.07, 6.45) is 1.76. The van der Waals surface area contributed by atoms with Crippen molar-refractivity contribution < 1.29 is 9.59 Å². The molecule has 0 unspecified atom stereocenters. The van der Waals surface area contributed by atoms with Crippen molar-refractivity contribution >= 4 is 12.6 Å². The van der Waals surface area contributed by atoms with E-state index in [1.807, 2.05) is 48.5 Å². The van der Waals surface area contributed by atoms with Gasteiger partial charge in [-0.2, -0.15) is 0 Å². The summed E-state index contributed by atoms with van der Waals surface area (Å²) in [7, 11) is 0. The molecule has 6 aromatic rings. The second-order valence-corrected chi connectivity index (χ2v) is 11.3. The van der Waals surface area contributed by atoms with Crippen LogP contribution >= 0.6 is 0 Å². The van der Waals surface area contributed by atoms with Crippen LogP contribution in [-0.4, -0.2) is 12.6 Å². The van der Waals surface area contributed by atoms with Crippen molar-refractivity contribution in [3.05, 3.63) is 166 Å². The third-order valence-electron chi connectivity index (χ3n) is 9.10. The Bertz CT molecular complexity index is 1960.